The highest BCUT2D eigenvalue weighted by Gasteiger charge is 2.04. The van der Waals surface area contributed by atoms with Crippen LogP contribution in [0.15, 0.2) is 46.7 Å². The average molecular weight is 291 g/mol. The van der Waals surface area contributed by atoms with Gasteiger partial charge >= 0.3 is 0 Å². The first kappa shape index (κ1) is 14.6. The van der Waals surface area contributed by atoms with Gasteiger partial charge in [-0.2, -0.15) is 0 Å². The Kier molecular flexibility index (Phi) is 5.95. The Bertz CT molecular complexity index is 479. The quantitative estimate of drug-likeness (QED) is 0.739. The molecule has 0 saturated carbocycles. The molecule has 1 aromatic carbocycles. The Morgan fingerprint density at radius 3 is 2.89 bits per heavy atom. The van der Waals surface area contributed by atoms with E-state index in [1.54, 1.807) is 0 Å². The molecule has 0 radical (unpaired) electrons. The molecule has 2 rings (SSSR count). The number of rotatable bonds is 7. The largest absolute Gasteiger partial charge is 0.310 e. The van der Waals surface area contributed by atoms with Gasteiger partial charge in [-0.25, -0.2) is 0 Å². The number of nitrogens with one attached hydrogen (secondary N) is 1. The van der Waals surface area contributed by atoms with E-state index in [0.717, 1.165) is 18.7 Å². The third-order valence-corrected chi connectivity index (χ3v) is 5.00. The number of benzene rings is 1. The first-order valence-corrected chi connectivity index (χ1v) is 8.64. The first-order valence-electron chi connectivity index (χ1n) is 6.78. The zero-order chi connectivity index (χ0) is 13.5. The SMILES string of the molecule is CCNC(C)c1cccc(SCCc2cccs2)c1. The van der Waals surface area contributed by atoms with Crippen molar-refractivity contribution in [3.8, 4) is 0 Å². The summed E-state index contributed by atoms with van der Waals surface area (Å²) in [5, 5.41) is 5.61. The smallest absolute Gasteiger partial charge is 0.0292 e. The van der Waals surface area contributed by atoms with Gasteiger partial charge in [0, 0.05) is 21.6 Å². The molecule has 0 fully saturated rings. The van der Waals surface area contributed by atoms with Gasteiger partial charge in [0.05, 0.1) is 0 Å². The Morgan fingerprint density at radius 2 is 2.16 bits per heavy atom. The summed E-state index contributed by atoms with van der Waals surface area (Å²) in [7, 11) is 0. The molecule has 0 saturated heterocycles. The van der Waals surface area contributed by atoms with Gasteiger partial charge < -0.3 is 5.32 Å². The fourth-order valence-corrected chi connectivity index (χ4v) is 3.81. The molecule has 0 aliphatic rings. The third-order valence-electron chi connectivity index (χ3n) is 3.07. The zero-order valence-corrected chi connectivity index (χ0v) is 13.2. The van der Waals surface area contributed by atoms with Gasteiger partial charge in [0.25, 0.3) is 0 Å². The summed E-state index contributed by atoms with van der Waals surface area (Å²) in [6.07, 6.45) is 1.16. The van der Waals surface area contributed by atoms with Crippen molar-refractivity contribution >= 4 is 23.1 Å². The van der Waals surface area contributed by atoms with Crippen LogP contribution in [-0.2, 0) is 6.42 Å². The lowest BCUT2D eigenvalue weighted by molar-refractivity contribution is 0.597. The van der Waals surface area contributed by atoms with E-state index >= 15 is 0 Å². The minimum Gasteiger partial charge on any atom is -0.310 e. The van der Waals surface area contributed by atoms with Crippen molar-refractivity contribution in [2.24, 2.45) is 0 Å². The minimum atomic E-state index is 0.433. The van der Waals surface area contributed by atoms with Crippen LogP contribution >= 0.6 is 23.1 Å². The van der Waals surface area contributed by atoms with Crippen molar-refractivity contribution in [3.05, 3.63) is 52.2 Å². The molecule has 0 bridgehead atoms. The molecule has 1 nitrogen and oxygen atoms in total. The number of aryl methyl sites for hydroxylation is 1. The second kappa shape index (κ2) is 7.73. The molecule has 0 aliphatic heterocycles. The van der Waals surface area contributed by atoms with E-state index in [1.165, 1.54) is 15.3 Å². The highest BCUT2D eigenvalue weighted by molar-refractivity contribution is 7.99. The maximum Gasteiger partial charge on any atom is 0.0292 e. The molecule has 1 heterocycles. The van der Waals surface area contributed by atoms with Crippen LogP contribution in [0, 0.1) is 0 Å². The zero-order valence-electron chi connectivity index (χ0n) is 11.6. The van der Waals surface area contributed by atoms with E-state index in [0.29, 0.717) is 6.04 Å². The Morgan fingerprint density at radius 1 is 1.26 bits per heavy atom. The number of hydrogen-bond acceptors (Lipinski definition) is 3. The highest BCUT2D eigenvalue weighted by Crippen LogP contribution is 2.23. The maximum absolute atomic E-state index is 3.46. The van der Waals surface area contributed by atoms with Crippen LogP contribution in [0.3, 0.4) is 0 Å². The summed E-state index contributed by atoms with van der Waals surface area (Å²) in [6.45, 7) is 5.38. The molecular formula is C16H21NS2. The fraction of sp³-hybridized carbons (Fsp3) is 0.375. The molecule has 1 aromatic heterocycles. The lowest BCUT2D eigenvalue weighted by atomic mass is 10.1. The molecule has 0 amide bonds. The van der Waals surface area contributed by atoms with Crippen molar-refractivity contribution < 1.29 is 0 Å². The first-order chi connectivity index (χ1) is 9.29. The summed E-state index contributed by atoms with van der Waals surface area (Å²) in [5.74, 6) is 1.15. The third kappa shape index (κ3) is 4.68. The predicted molar refractivity (Wildman–Crippen MR) is 87.3 cm³/mol. The molecule has 19 heavy (non-hydrogen) atoms. The van der Waals surface area contributed by atoms with Gasteiger partial charge in [-0.3, -0.25) is 0 Å². The van der Waals surface area contributed by atoms with E-state index in [4.69, 9.17) is 0 Å². The van der Waals surface area contributed by atoms with Crippen molar-refractivity contribution in [1.82, 2.24) is 5.32 Å². The second-order valence-corrected chi connectivity index (χ2v) is 6.73. The van der Waals surface area contributed by atoms with Crippen LogP contribution in [0.25, 0.3) is 0 Å². The van der Waals surface area contributed by atoms with E-state index in [1.807, 2.05) is 23.1 Å². The van der Waals surface area contributed by atoms with Crippen molar-refractivity contribution in [2.75, 3.05) is 12.3 Å². The van der Waals surface area contributed by atoms with Gasteiger partial charge in [-0.05, 0) is 49.0 Å². The summed E-state index contributed by atoms with van der Waals surface area (Å²) < 4.78 is 0. The molecule has 1 N–H and O–H groups in total. The molecule has 2 aromatic rings. The second-order valence-electron chi connectivity index (χ2n) is 4.53. The normalized spacial score (nSPS) is 12.5. The summed E-state index contributed by atoms with van der Waals surface area (Å²) in [4.78, 5) is 2.85. The lowest BCUT2D eigenvalue weighted by Gasteiger charge is -2.13. The topological polar surface area (TPSA) is 12.0 Å². The van der Waals surface area contributed by atoms with Crippen LogP contribution in [0.1, 0.15) is 30.3 Å². The van der Waals surface area contributed by atoms with Gasteiger partial charge in [0.2, 0.25) is 0 Å². The van der Waals surface area contributed by atoms with E-state index < -0.39 is 0 Å². The average Bonchev–Trinajstić information content (AvgIpc) is 2.93. The van der Waals surface area contributed by atoms with Gasteiger partial charge in [0.1, 0.15) is 0 Å². The Labute approximate surface area is 124 Å². The molecule has 0 spiro atoms. The molecule has 3 heteroatoms. The van der Waals surface area contributed by atoms with E-state index in [9.17, 15) is 0 Å². The number of thiophene rings is 1. The van der Waals surface area contributed by atoms with Crippen LogP contribution in [0.4, 0.5) is 0 Å². The lowest BCUT2D eigenvalue weighted by Crippen LogP contribution is -2.17. The summed E-state index contributed by atoms with van der Waals surface area (Å²) in [6, 6.07) is 13.7. The van der Waals surface area contributed by atoms with E-state index in [-0.39, 0.29) is 0 Å². The van der Waals surface area contributed by atoms with Gasteiger partial charge in [-0.1, -0.05) is 25.1 Å². The maximum atomic E-state index is 3.46. The Balaban J connectivity index is 1.88. The summed E-state index contributed by atoms with van der Waals surface area (Å²) in [5.41, 5.74) is 1.38. The fourth-order valence-electron chi connectivity index (χ4n) is 2.02. The van der Waals surface area contributed by atoms with Crippen LogP contribution in [-0.4, -0.2) is 12.3 Å². The van der Waals surface area contributed by atoms with Crippen molar-refractivity contribution in [3.63, 3.8) is 0 Å². The molecule has 1 unspecified atom stereocenters. The molecular weight excluding hydrogens is 270 g/mol. The summed E-state index contributed by atoms with van der Waals surface area (Å²) >= 11 is 3.80. The van der Waals surface area contributed by atoms with Crippen molar-refractivity contribution in [2.45, 2.75) is 31.2 Å². The predicted octanol–water partition coefficient (Wildman–Crippen LogP) is 4.75. The number of hydrogen-bond donors (Lipinski definition) is 1. The molecule has 102 valence electrons. The molecule has 1 atom stereocenters. The highest BCUT2D eigenvalue weighted by atomic mass is 32.2. The van der Waals surface area contributed by atoms with Crippen molar-refractivity contribution in [1.29, 1.82) is 0 Å². The standard InChI is InChI=1S/C16H21NS2/c1-3-17-13(2)14-6-4-7-16(12-14)19-11-9-15-8-5-10-18-15/h4-8,10,12-13,17H,3,9,11H2,1-2H3. The van der Waals surface area contributed by atoms with Crippen LogP contribution in [0.5, 0.6) is 0 Å². The monoisotopic (exact) mass is 291 g/mol. The molecule has 0 aliphatic carbocycles. The van der Waals surface area contributed by atoms with Gasteiger partial charge in [0.15, 0.2) is 0 Å². The van der Waals surface area contributed by atoms with Crippen LogP contribution < -0.4 is 5.32 Å². The van der Waals surface area contributed by atoms with Crippen LogP contribution in [0.2, 0.25) is 0 Å². The minimum absolute atomic E-state index is 0.433. The van der Waals surface area contributed by atoms with E-state index in [2.05, 4.69) is 60.9 Å². The van der Waals surface area contributed by atoms with Gasteiger partial charge in [-0.15, -0.1) is 23.1 Å². The number of thioether (sulfide) groups is 1. The Hall–Kier alpha value is -0.770.